The summed E-state index contributed by atoms with van der Waals surface area (Å²) in [6.07, 6.45) is 0.150. The third-order valence-corrected chi connectivity index (χ3v) is 2.60. The second kappa shape index (κ2) is 8.26. The van der Waals surface area contributed by atoms with Gasteiger partial charge in [0.1, 0.15) is 6.54 Å². The zero-order valence-electron chi connectivity index (χ0n) is 10.0. The fourth-order valence-electron chi connectivity index (χ4n) is 0.935. The maximum atomic E-state index is 11.1. The summed E-state index contributed by atoms with van der Waals surface area (Å²) in [7, 11) is -3.55. The summed E-state index contributed by atoms with van der Waals surface area (Å²) >= 11 is 0. The van der Waals surface area contributed by atoms with E-state index in [9.17, 15) is 22.8 Å². The predicted octanol–water partition coefficient (Wildman–Crippen LogP) is -2.83. The van der Waals surface area contributed by atoms with Gasteiger partial charge >= 0.3 is 12.0 Å². The quantitative estimate of drug-likeness (QED) is 0.302. The van der Waals surface area contributed by atoms with E-state index >= 15 is 0 Å². The number of carboxylic acid groups (broad SMARTS) is 1. The Morgan fingerprint density at radius 3 is 2.21 bits per heavy atom. The molecule has 0 spiro atoms. The van der Waals surface area contributed by atoms with E-state index in [2.05, 4.69) is 10.6 Å². The van der Waals surface area contributed by atoms with Gasteiger partial charge in [0, 0.05) is 6.54 Å². The lowest BCUT2D eigenvalue weighted by Gasteiger charge is -2.07. The van der Waals surface area contributed by atoms with Crippen LogP contribution in [0.5, 0.6) is 0 Å². The summed E-state index contributed by atoms with van der Waals surface area (Å²) in [6, 6.07) is -0.667. The van der Waals surface area contributed by atoms with Crippen molar-refractivity contribution in [3.63, 3.8) is 0 Å². The molecule has 0 aliphatic heterocycles. The average Bonchev–Trinajstić information content (AvgIpc) is 2.28. The van der Waals surface area contributed by atoms with Gasteiger partial charge in [-0.1, -0.05) is 0 Å². The van der Waals surface area contributed by atoms with Gasteiger partial charge in [-0.25, -0.2) is 18.4 Å². The van der Waals surface area contributed by atoms with Crippen molar-refractivity contribution >= 4 is 27.9 Å². The highest BCUT2D eigenvalue weighted by Crippen LogP contribution is 1.83. The molecule has 6 N–H and O–H groups in total. The first-order valence-corrected chi connectivity index (χ1v) is 6.93. The van der Waals surface area contributed by atoms with Crippen LogP contribution >= 0.6 is 0 Å². The zero-order chi connectivity index (χ0) is 14.9. The number of sulfonamides is 1. The van der Waals surface area contributed by atoms with Crippen molar-refractivity contribution in [3.05, 3.63) is 0 Å². The van der Waals surface area contributed by atoms with Crippen LogP contribution in [0.3, 0.4) is 0 Å². The largest absolute Gasteiger partial charge is 0.480 e. The van der Waals surface area contributed by atoms with Gasteiger partial charge in [-0.05, 0) is 6.42 Å². The number of hydrogen-bond donors (Lipinski definition) is 5. The van der Waals surface area contributed by atoms with E-state index in [-0.39, 0.29) is 25.3 Å². The van der Waals surface area contributed by atoms with Crippen molar-refractivity contribution in [2.75, 3.05) is 25.4 Å². The smallest absolute Gasteiger partial charge is 0.322 e. The van der Waals surface area contributed by atoms with E-state index in [0.29, 0.717) is 0 Å². The van der Waals surface area contributed by atoms with Crippen LogP contribution in [0.1, 0.15) is 6.42 Å². The number of carboxylic acids is 1. The minimum absolute atomic E-state index is 0.0823. The molecule has 19 heavy (non-hydrogen) atoms. The van der Waals surface area contributed by atoms with E-state index in [4.69, 9.17) is 10.2 Å². The van der Waals surface area contributed by atoms with Crippen LogP contribution in [0.15, 0.2) is 0 Å². The molecule has 0 aliphatic rings. The number of carbonyl (C=O) groups is 3. The van der Waals surface area contributed by atoms with Crippen molar-refractivity contribution in [1.29, 1.82) is 0 Å². The van der Waals surface area contributed by atoms with Gasteiger partial charge in [-0.2, -0.15) is 0 Å². The molecule has 11 heteroatoms. The van der Waals surface area contributed by atoms with Crippen molar-refractivity contribution < 1.29 is 27.9 Å². The molecule has 0 atom stereocenters. The lowest BCUT2D eigenvalue weighted by Crippen LogP contribution is -2.43. The number of nitrogens with one attached hydrogen (secondary N) is 3. The summed E-state index contributed by atoms with van der Waals surface area (Å²) in [4.78, 5) is 32.2. The Balaban J connectivity index is 3.64. The third-order valence-electron chi connectivity index (χ3n) is 1.74. The first-order chi connectivity index (χ1) is 8.70. The van der Waals surface area contributed by atoms with E-state index in [1.165, 1.54) is 0 Å². The monoisotopic (exact) mass is 296 g/mol. The first-order valence-electron chi connectivity index (χ1n) is 5.21. The van der Waals surface area contributed by atoms with Gasteiger partial charge in [0.05, 0.1) is 12.3 Å². The maximum Gasteiger partial charge on any atom is 0.322 e. The SMILES string of the molecule is NS(=O)(=O)CCCNC(=O)NCC(=O)NCC(=O)O. The van der Waals surface area contributed by atoms with Crippen LogP contribution < -0.4 is 21.1 Å². The van der Waals surface area contributed by atoms with Crippen LogP contribution in [0.4, 0.5) is 4.79 Å². The van der Waals surface area contributed by atoms with E-state index in [0.717, 1.165) is 0 Å². The predicted molar refractivity (Wildman–Crippen MR) is 64.6 cm³/mol. The van der Waals surface area contributed by atoms with Gasteiger partial charge < -0.3 is 21.1 Å². The topological polar surface area (TPSA) is 168 Å². The van der Waals surface area contributed by atoms with Gasteiger partial charge in [0.2, 0.25) is 15.9 Å². The zero-order valence-corrected chi connectivity index (χ0v) is 10.8. The molecular weight excluding hydrogens is 280 g/mol. The molecule has 0 aromatic rings. The molecule has 0 radical (unpaired) electrons. The standard InChI is InChI=1S/C8H16N4O6S/c9-19(17,18)3-1-2-10-8(16)12-4-6(13)11-5-7(14)15/h1-5H2,(H,11,13)(H,14,15)(H2,9,17,18)(H2,10,12,16). The molecule has 0 heterocycles. The minimum atomic E-state index is -3.55. The molecule has 0 fully saturated rings. The Labute approximate surface area is 109 Å². The van der Waals surface area contributed by atoms with Crippen LogP contribution in [0.25, 0.3) is 0 Å². The van der Waals surface area contributed by atoms with Gasteiger partial charge in [0.15, 0.2) is 0 Å². The highest BCUT2D eigenvalue weighted by atomic mass is 32.2. The number of carbonyl (C=O) groups excluding carboxylic acids is 2. The van der Waals surface area contributed by atoms with Crippen molar-refractivity contribution in [1.82, 2.24) is 16.0 Å². The molecule has 0 saturated heterocycles. The number of rotatable bonds is 8. The fraction of sp³-hybridized carbons (Fsp3) is 0.625. The number of primary sulfonamides is 1. The van der Waals surface area contributed by atoms with Gasteiger partial charge in [0.25, 0.3) is 0 Å². The lowest BCUT2D eigenvalue weighted by atomic mass is 10.5. The second-order valence-electron chi connectivity index (χ2n) is 3.50. The number of aliphatic carboxylic acids is 1. The van der Waals surface area contributed by atoms with Crippen molar-refractivity contribution in [3.8, 4) is 0 Å². The molecule has 0 aromatic carbocycles. The summed E-state index contributed by atoms with van der Waals surface area (Å²) < 4.78 is 21.1. The summed E-state index contributed by atoms with van der Waals surface area (Å²) in [6.45, 7) is -0.830. The van der Waals surface area contributed by atoms with E-state index < -0.39 is 34.5 Å². The van der Waals surface area contributed by atoms with Gasteiger partial charge in [-0.15, -0.1) is 0 Å². The highest BCUT2D eigenvalue weighted by molar-refractivity contribution is 7.89. The molecular formula is C8H16N4O6S. The molecule has 0 saturated carbocycles. The second-order valence-corrected chi connectivity index (χ2v) is 5.23. The maximum absolute atomic E-state index is 11.1. The van der Waals surface area contributed by atoms with E-state index in [1.807, 2.05) is 5.32 Å². The molecule has 10 nitrogen and oxygen atoms in total. The normalized spacial score (nSPS) is 10.6. The fourth-order valence-corrected chi connectivity index (χ4v) is 1.48. The lowest BCUT2D eigenvalue weighted by molar-refractivity contribution is -0.137. The molecule has 0 unspecified atom stereocenters. The molecule has 0 bridgehead atoms. The Morgan fingerprint density at radius 1 is 1.05 bits per heavy atom. The first kappa shape index (κ1) is 17.1. The Morgan fingerprint density at radius 2 is 1.68 bits per heavy atom. The highest BCUT2D eigenvalue weighted by Gasteiger charge is 2.07. The summed E-state index contributed by atoms with van der Waals surface area (Å²) in [5.41, 5.74) is 0. The Bertz CT molecular complexity index is 435. The van der Waals surface area contributed by atoms with Crippen LogP contribution in [0, 0.1) is 0 Å². The van der Waals surface area contributed by atoms with Crippen LogP contribution in [-0.4, -0.2) is 56.8 Å². The molecule has 0 rings (SSSR count). The average molecular weight is 296 g/mol. The number of amides is 3. The van der Waals surface area contributed by atoms with E-state index in [1.54, 1.807) is 0 Å². The number of nitrogens with two attached hydrogens (primary N) is 1. The molecule has 0 aromatic heterocycles. The molecule has 0 aliphatic carbocycles. The Hall–Kier alpha value is -1.88. The number of hydrogen-bond acceptors (Lipinski definition) is 5. The Kier molecular flexibility index (Phi) is 7.44. The number of urea groups is 1. The third kappa shape index (κ3) is 12.4. The van der Waals surface area contributed by atoms with Crippen LogP contribution in [0.2, 0.25) is 0 Å². The summed E-state index contributed by atoms with van der Waals surface area (Å²) in [5, 5.41) is 19.6. The minimum Gasteiger partial charge on any atom is -0.480 e. The van der Waals surface area contributed by atoms with Crippen molar-refractivity contribution in [2.45, 2.75) is 6.42 Å². The van der Waals surface area contributed by atoms with Gasteiger partial charge in [-0.3, -0.25) is 9.59 Å². The molecule has 3 amide bonds. The van der Waals surface area contributed by atoms with Crippen LogP contribution in [-0.2, 0) is 19.6 Å². The summed E-state index contributed by atoms with van der Waals surface area (Å²) in [5.74, 6) is -2.10. The van der Waals surface area contributed by atoms with Crippen molar-refractivity contribution in [2.24, 2.45) is 5.14 Å². The molecule has 110 valence electrons.